The van der Waals surface area contributed by atoms with Crippen LogP contribution in [0.3, 0.4) is 0 Å². The summed E-state index contributed by atoms with van der Waals surface area (Å²) in [5.41, 5.74) is 7.57. The molecule has 1 aromatic carbocycles. The molecule has 2 aliphatic carbocycles. The smallest absolute Gasteiger partial charge is 0.124 e. The van der Waals surface area contributed by atoms with Crippen molar-refractivity contribution in [1.29, 1.82) is 0 Å². The molecular weight excluding hydrogens is 258 g/mol. The average molecular weight is 280 g/mol. The minimum Gasteiger partial charge on any atom is -0.496 e. The van der Waals surface area contributed by atoms with Crippen LogP contribution in [0.4, 0.5) is 0 Å². The van der Waals surface area contributed by atoms with E-state index < -0.39 is 0 Å². The summed E-state index contributed by atoms with van der Waals surface area (Å²) in [6.45, 7) is 0. The highest BCUT2D eigenvalue weighted by molar-refractivity contribution is 6.30. The Morgan fingerprint density at radius 1 is 1.26 bits per heavy atom. The maximum absolute atomic E-state index is 6.74. The second kappa shape index (κ2) is 4.99. The zero-order chi connectivity index (χ0) is 13.5. The molecule has 2 atom stereocenters. The Morgan fingerprint density at radius 2 is 2.05 bits per heavy atom. The molecule has 0 saturated heterocycles. The van der Waals surface area contributed by atoms with Crippen LogP contribution >= 0.6 is 11.6 Å². The summed E-state index contributed by atoms with van der Waals surface area (Å²) in [5.74, 6) is 2.60. The van der Waals surface area contributed by atoms with Crippen molar-refractivity contribution in [2.75, 3.05) is 7.11 Å². The van der Waals surface area contributed by atoms with Gasteiger partial charge in [-0.3, -0.25) is 0 Å². The Kier molecular flexibility index (Phi) is 3.48. The number of halogens is 1. The van der Waals surface area contributed by atoms with Crippen molar-refractivity contribution in [2.45, 2.75) is 44.1 Å². The highest BCUT2D eigenvalue weighted by Crippen LogP contribution is 2.50. The lowest BCUT2D eigenvalue weighted by atomic mass is 9.71. The SMILES string of the molecule is COc1ccc(Cl)cc1C1(N)CCCC(C2CC2)C1. The summed E-state index contributed by atoms with van der Waals surface area (Å²) in [5, 5.41) is 0.745. The largest absolute Gasteiger partial charge is 0.496 e. The van der Waals surface area contributed by atoms with Gasteiger partial charge in [-0.05, 0) is 55.7 Å². The maximum atomic E-state index is 6.74. The first kappa shape index (κ1) is 13.3. The molecule has 0 bridgehead atoms. The number of rotatable bonds is 3. The average Bonchev–Trinajstić information content (AvgIpc) is 3.23. The number of hydrogen-bond acceptors (Lipinski definition) is 2. The highest BCUT2D eigenvalue weighted by atomic mass is 35.5. The molecule has 2 fully saturated rings. The van der Waals surface area contributed by atoms with Gasteiger partial charge < -0.3 is 10.5 Å². The summed E-state index contributed by atoms with van der Waals surface area (Å²) in [6, 6.07) is 5.80. The van der Waals surface area contributed by atoms with Gasteiger partial charge in [0.1, 0.15) is 5.75 Å². The van der Waals surface area contributed by atoms with Crippen LogP contribution in [-0.4, -0.2) is 7.11 Å². The molecule has 0 heterocycles. The van der Waals surface area contributed by atoms with Crippen LogP contribution in [0.15, 0.2) is 18.2 Å². The molecule has 104 valence electrons. The fraction of sp³-hybridized carbons (Fsp3) is 0.625. The summed E-state index contributed by atoms with van der Waals surface area (Å²) in [7, 11) is 1.71. The molecule has 3 rings (SSSR count). The molecule has 0 spiro atoms. The number of nitrogens with two attached hydrogens (primary N) is 1. The van der Waals surface area contributed by atoms with E-state index in [1.165, 1.54) is 25.7 Å². The van der Waals surface area contributed by atoms with E-state index in [0.717, 1.165) is 41.0 Å². The molecule has 2 aliphatic rings. The third-order valence-corrected chi connectivity index (χ3v) is 5.05. The lowest BCUT2D eigenvalue weighted by Gasteiger charge is -2.39. The Hall–Kier alpha value is -0.730. The molecule has 0 amide bonds. The maximum Gasteiger partial charge on any atom is 0.124 e. The molecular formula is C16H22ClNO. The Bertz CT molecular complexity index is 472. The van der Waals surface area contributed by atoms with E-state index in [1.54, 1.807) is 7.11 Å². The fourth-order valence-corrected chi connectivity index (χ4v) is 3.81. The summed E-state index contributed by atoms with van der Waals surface area (Å²) >= 11 is 6.16. The number of ether oxygens (including phenoxy) is 1. The van der Waals surface area contributed by atoms with Gasteiger partial charge in [0.15, 0.2) is 0 Å². The molecule has 2 unspecified atom stereocenters. The molecule has 2 N–H and O–H groups in total. The van der Waals surface area contributed by atoms with Gasteiger partial charge in [-0.15, -0.1) is 0 Å². The predicted molar refractivity (Wildman–Crippen MR) is 78.6 cm³/mol. The molecule has 19 heavy (non-hydrogen) atoms. The Balaban J connectivity index is 1.91. The summed E-state index contributed by atoms with van der Waals surface area (Å²) in [6.07, 6.45) is 7.46. The van der Waals surface area contributed by atoms with E-state index in [-0.39, 0.29) is 5.54 Å². The number of benzene rings is 1. The van der Waals surface area contributed by atoms with E-state index in [9.17, 15) is 0 Å². The molecule has 1 aromatic rings. The van der Waals surface area contributed by atoms with Gasteiger partial charge in [0, 0.05) is 16.1 Å². The zero-order valence-corrected chi connectivity index (χ0v) is 12.2. The fourth-order valence-electron chi connectivity index (χ4n) is 3.64. The van der Waals surface area contributed by atoms with E-state index in [0.29, 0.717) is 0 Å². The number of hydrogen-bond donors (Lipinski definition) is 1. The normalized spacial score (nSPS) is 31.2. The number of methoxy groups -OCH3 is 1. The van der Waals surface area contributed by atoms with Crippen LogP contribution in [0.1, 0.15) is 44.1 Å². The third-order valence-electron chi connectivity index (χ3n) is 4.81. The first-order valence-electron chi connectivity index (χ1n) is 7.25. The van der Waals surface area contributed by atoms with Gasteiger partial charge in [-0.25, -0.2) is 0 Å². The minimum absolute atomic E-state index is 0.262. The Labute approximate surface area is 120 Å². The van der Waals surface area contributed by atoms with Gasteiger partial charge in [0.2, 0.25) is 0 Å². The minimum atomic E-state index is -0.262. The quantitative estimate of drug-likeness (QED) is 0.904. The first-order valence-corrected chi connectivity index (χ1v) is 7.63. The first-order chi connectivity index (χ1) is 9.12. The van der Waals surface area contributed by atoms with Gasteiger partial charge in [-0.1, -0.05) is 24.4 Å². The van der Waals surface area contributed by atoms with Crippen molar-refractivity contribution >= 4 is 11.6 Å². The monoisotopic (exact) mass is 279 g/mol. The van der Waals surface area contributed by atoms with Crippen molar-refractivity contribution in [3.8, 4) is 5.75 Å². The van der Waals surface area contributed by atoms with Gasteiger partial charge in [-0.2, -0.15) is 0 Å². The van der Waals surface area contributed by atoms with Crippen LogP contribution in [0.5, 0.6) is 5.75 Å². The predicted octanol–water partition coefficient (Wildman–Crippen LogP) is 4.10. The molecule has 2 saturated carbocycles. The zero-order valence-electron chi connectivity index (χ0n) is 11.5. The van der Waals surface area contributed by atoms with E-state index in [4.69, 9.17) is 22.1 Å². The van der Waals surface area contributed by atoms with Crippen LogP contribution < -0.4 is 10.5 Å². The molecule has 0 aromatic heterocycles. The van der Waals surface area contributed by atoms with Crippen LogP contribution in [0.25, 0.3) is 0 Å². The second-order valence-electron chi connectivity index (χ2n) is 6.19. The van der Waals surface area contributed by atoms with Crippen LogP contribution in [0.2, 0.25) is 5.02 Å². The van der Waals surface area contributed by atoms with E-state index in [2.05, 4.69) is 0 Å². The Morgan fingerprint density at radius 3 is 2.74 bits per heavy atom. The van der Waals surface area contributed by atoms with Crippen molar-refractivity contribution in [3.05, 3.63) is 28.8 Å². The van der Waals surface area contributed by atoms with Crippen molar-refractivity contribution in [3.63, 3.8) is 0 Å². The molecule has 0 radical (unpaired) electrons. The lowest BCUT2D eigenvalue weighted by Crippen LogP contribution is -2.42. The van der Waals surface area contributed by atoms with Crippen molar-refractivity contribution in [2.24, 2.45) is 17.6 Å². The van der Waals surface area contributed by atoms with E-state index >= 15 is 0 Å². The second-order valence-corrected chi connectivity index (χ2v) is 6.63. The summed E-state index contributed by atoms with van der Waals surface area (Å²) in [4.78, 5) is 0. The third kappa shape index (κ3) is 2.61. The molecule has 2 nitrogen and oxygen atoms in total. The van der Waals surface area contributed by atoms with Crippen LogP contribution in [0, 0.1) is 11.8 Å². The van der Waals surface area contributed by atoms with E-state index in [1.807, 2.05) is 18.2 Å². The molecule has 0 aliphatic heterocycles. The van der Waals surface area contributed by atoms with Gasteiger partial charge in [0.05, 0.1) is 7.11 Å². The van der Waals surface area contributed by atoms with Gasteiger partial charge in [0.25, 0.3) is 0 Å². The van der Waals surface area contributed by atoms with Crippen LogP contribution in [-0.2, 0) is 5.54 Å². The van der Waals surface area contributed by atoms with Crippen molar-refractivity contribution < 1.29 is 4.74 Å². The summed E-state index contributed by atoms with van der Waals surface area (Å²) < 4.78 is 5.49. The lowest BCUT2D eigenvalue weighted by molar-refractivity contribution is 0.202. The topological polar surface area (TPSA) is 35.2 Å². The molecule has 3 heteroatoms. The van der Waals surface area contributed by atoms with Gasteiger partial charge >= 0.3 is 0 Å². The standard InChI is InChI=1S/C16H22ClNO/c1-19-15-7-6-13(17)9-14(15)16(18)8-2-3-12(10-16)11-4-5-11/h6-7,9,11-12H,2-5,8,10,18H2,1H3. The highest BCUT2D eigenvalue weighted by Gasteiger charge is 2.42. The van der Waals surface area contributed by atoms with Crippen molar-refractivity contribution in [1.82, 2.24) is 0 Å².